The molecule has 0 bridgehead atoms. The van der Waals surface area contributed by atoms with Crippen LogP contribution in [-0.4, -0.2) is 29.7 Å². The molecule has 0 heterocycles. The smallest absolute Gasteiger partial charge is 0.220 e. The normalized spacial score (nSPS) is 16.1. The van der Waals surface area contributed by atoms with Crippen LogP contribution in [0.5, 0.6) is 0 Å². The highest BCUT2D eigenvalue weighted by Crippen LogP contribution is 2.14. The lowest BCUT2D eigenvalue weighted by atomic mass is 9.96. The van der Waals surface area contributed by atoms with Gasteiger partial charge in [0, 0.05) is 13.0 Å². The molecule has 0 rings (SSSR count). The third-order valence-corrected chi connectivity index (χ3v) is 3.39. The molecule has 0 aliphatic carbocycles. The molecule has 18 heavy (non-hydrogen) atoms. The lowest BCUT2D eigenvalue weighted by molar-refractivity contribution is -0.122. The third kappa shape index (κ3) is 8.48. The van der Waals surface area contributed by atoms with Crippen LogP contribution in [0.15, 0.2) is 0 Å². The van der Waals surface area contributed by atoms with Gasteiger partial charge in [0.25, 0.3) is 0 Å². The standard InChI is InChI=1S/C14H30N2O2/c1-4-9-14(3,18)11-16-13(17)7-6-12(5-2)8-10-15/h12,18H,4-11,15H2,1-3H3,(H,16,17). The number of carbonyl (C=O) groups excluding carboxylic acids is 1. The van der Waals surface area contributed by atoms with Crippen molar-refractivity contribution in [2.24, 2.45) is 11.7 Å². The summed E-state index contributed by atoms with van der Waals surface area (Å²) in [6, 6.07) is 0. The number of hydrogen-bond donors (Lipinski definition) is 3. The van der Waals surface area contributed by atoms with Crippen molar-refractivity contribution < 1.29 is 9.90 Å². The quantitative estimate of drug-likeness (QED) is 0.559. The van der Waals surface area contributed by atoms with Crippen molar-refractivity contribution in [2.75, 3.05) is 13.1 Å². The Bertz CT molecular complexity index is 230. The number of aliphatic hydroxyl groups is 1. The molecule has 0 fully saturated rings. The van der Waals surface area contributed by atoms with Crippen molar-refractivity contribution in [3.05, 3.63) is 0 Å². The number of nitrogens with two attached hydrogens (primary N) is 1. The topological polar surface area (TPSA) is 75.3 Å². The van der Waals surface area contributed by atoms with Crippen molar-refractivity contribution >= 4 is 5.91 Å². The van der Waals surface area contributed by atoms with Gasteiger partial charge in [0.05, 0.1) is 5.60 Å². The fourth-order valence-electron chi connectivity index (χ4n) is 2.13. The fourth-order valence-corrected chi connectivity index (χ4v) is 2.13. The summed E-state index contributed by atoms with van der Waals surface area (Å²) in [5.74, 6) is 0.568. The minimum atomic E-state index is -0.786. The zero-order valence-corrected chi connectivity index (χ0v) is 12.2. The molecule has 0 saturated carbocycles. The van der Waals surface area contributed by atoms with Gasteiger partial charge >= 0.3 is 0 Å². The van der Waals surface area contributed by atoms with Gasteiger partial charge in [-0.15, -0.1) is 0 Å². The molecule has 0 aliphatic heterocycles. The number of carbonyl (C=O) groups is 1. The first-order valence-electron chi connectivity index (χ1n) is 7.14. The number of nitrogens with one attached hydrogen (secondary N) is 1. The highest BCUT2D eigenvalue weighted by Gasteiger charge is 2.19. The first-order valence-corrected chi connectivity index (χ1v) is 7.14. The molecule has 2 atom stereocenters. The van der Waals surface area contributed by atoms with E-state index in [1.165, 1.54) is 0 Å². The average Bonchev–Trinajstić information content (AvgIpc) is 2.32. The summed E-state index contributed by atoms with van der Waals surface area (Å²) in [5.41, 5.74) is 4.74. The van der Waals surface area contributed by atoms with Gasteiger partial charge in [-0.05, 0) is 38.6 Å². The molecular formula is C14H30N2O2. The summed E-state index contributed by atoms with van der Waals surface area (Å²) in [7, 11) is 0. The van der Waals surface area contributed by atoms with Crippen LogP contribution >= 0.6 is 0 Å². The van der Waals surface area contributed by atoms with E-state index in [4.69, 9.17) is 5.73 Å². The Kier molecular flexibility index (Phi) is 9.02. The Hall–Kier alpha value is -0.610. The second kappa shape index (κ2) is 9.34. The maximum atomic E-state index is 11.7. The Balaban J connectivity index is 3.83. The van der Waals surface area contributed by atoms with E-state index in [9.17, 15) is 9.90 Å². The van der Waals surface area contributed by atoms with Gasteiger partial charge < -0.3 is 16.2 Å². The second-order valence-electron chi connectivity index (χ2n) is 5.41. The maximum Gasteiger partial charge on any atom is 0.220 e. The van der Waals surface area contributed by atoms with Crippen LogP contribution in [0.3, 0.4) is 0 Å². The van der Waals surface area contributed by atoms with Gasteiger partial charge in [-0.3, -0.25) is 4.79 Å². The van der Waals surface area contributed by atoms with Crippen LogP contribution in [0.1, 0.15) is 59.3 Å². The van der Waals surface area contributed by atoms with Crippen molar-refractivity contribution in [3.63, 3.8) is 0 Å². The van der Waals surface area contributed by atoms with Gasteiger partial charge in [-0.1, -0.05) is 26.7 Å². The summed E-state index contributed by atoms with van der Waals surface area (Å²) in [4.78, 5) is 11.7. The largest absolute Gasteiger partial charge is 0.388 e. The Morgan fingerprint density at radius 2 is 2.06 bits per heavy atom. The molecule has 4 N–H and O–H groups in total. The molecule has 0 aromatic carbocycles. The third-order valence-electron chi connectivity index (χ3n) is 3.39. The monoisotopic (exact) mass is 258 g/mol. The molecule has 0 aromatic heterocycles. The molecule has 0 spiro atoms. The van der Waals surface area contributed by atoms with Crippen LogP contribution in [0.2, 0.25) is 0 Å². The van der Waals surface area contributed by atoms with E-state index in [1.54, 1.807) is 6.92 Å². The second-order valence-corrected chi connectivity index (χ2v) is 5.41. The average molecular weight is 258 g/mol. The fraction of sp³-hybridized carbons (Fsp3) is 0.929. The van der Waals surface area contributed by atoms with Crippen LogP contribution in [0.25, 0.3) is 0 Å². The number of hydrogen-bond acceptors (Lipinski definition) is 3. The lowest BCUT2D eigenvalue weighted by Gasteiger charge is -2.23. The summed E-state index contributed by atoms with van der Waals surface area (Å²) >= 11 is 0. The van der Waals surface area contributed by atoms with Crippen molar-refractivity contribution in [3.8, 4) is 0 Å². The molecule has 0 aliphatic rings. The molecule has 2 unspecified atom stereocenters. The minimum Gasteiger partial charge on any atom is -0.388 e. The zero-order valence-electron chi connectivity index (χ0n) is 12.2. The molecular weight excluding hydrogens is 228 g/mol. The minimum absolute atomic E-state index is 0.0295. The predicted molar refractivity (Wildman–Crippen MR) is 75.2 cm³/mol. The Labute approximate surface area is 111 Å². The number of amides is 1. The van der Waals surface area contributed by atoms with Gasteiger partial charge in [0.1, 0.15) is 0 Å². The van der Waals surface area contributed by atoms with Crippen LogP contribution in [-0.2, 0) is 4.79 Å². The molecule has 108 valence electrons. The molecule has 1 amide bonds. The summed E-state index contributed by atoms with van der Waals surface area (Å²) in [6.07, 6.45) is 5.08. The van der Waals surface area contributed by atoms with Crippen molar-refractivity contribution in [1.82, 2.24) is 5.32 Å². The van der Waals surface area contributed by atoms with Crippen LogP contribution in [0.4, 0.5) is 0 Å². The highest BCUT2D eigenvalue weighted by molar-refractivity contribution is 5.75. The molecule has 0 radical (unpaired) electrons. The van der Waals surface area contributed by atoms with E-state index in [0.29, 0.717) is 31.8 Å². The summed E-state index contributed by atoms with van der Waals surface area (Å²) in [6.45, 7) is 6.94. The molecule has 0 aromatic rings. The molecule has 4 heteroatoms. The van der Waals surface area contributed by atoms with E-state index >= 15 is 0 Å². The van der Waals surface area contributed by atoms with Crippen LogP contribution < -0.4 is 11.1 Å². The van der Waals surface area contributed by atoms with E-state index in [-0.39, 0.29) is 5.91 Å². The molecule has 4 nitrogen and oxygen atoms in total. The van der Waals surface area contributed by atoms with Gasteiger partial charge in [-0.25, -0.2) is 0 Å². The van der Waals surface area contributed by atoms with E-state index in [1.807, 2.05) is 6.92 Å². The van der Waals surface area contributed by atoms with Gasteiger partial charge in [-0.2, -0.15) is 0 Å². The Morgan fingerprint density at radius 3 is 2.56 bits per heavy atom. The van der Waals surface area contributed by atoms with Crippen molar-refractivity contribution in [2.45, 2.75) is 64.9 Å². The van der Waals surface area contributed by atoms with E-state index in [2.05, 4.69) is 12.2 Å². The molecule has 0 saturated heterocycles. The lowest BCUT2D eigenvalue weighted by Crippen LogP contribution is -2.40. The highest BCUT2D eigenvalue weighted by atomic mass is 16.3. The van der Waals surface area contributed by atoms with E-state index in [0.717, 1.165) is 25.7 Å². The first-order chi connectivity index (χ1) is 8.45. The zero-order chi connectivity index (χ0) is 14.0. The van der Waals surface area contributed by atoms with Gasteiger partial charge in [0.15, 0.2) is 0 Å². The summed E-state index contributed by atoms with van der Waals surface area (Å²) < 4.78 is 0. The SMILES string of the molecule is CCCC(C)(O)CNC(=O)CCC(CC)CCN. The van der Waals surface area contributed by atoms with Gasteiger partial charge in [0.2, 0.25) is 5.91 Å². The Morgan fingerprint density at radius 1 is 1.39 bits per heavy atom. The van der Waals surface area contributed by atoms with Crippen LogP contribution in [0, 0.1) is 5.92 Å². The summed E-state index contributed by atoms with van der Waals surface area (Å²) in [5, 5.41) is 12.7. The predicted octanol–water partition coefficient (Wildman–Crippen LogP) is 1.81. The van der Waals surface area contributed by atoms with Crippen molar-refractivity contribution in [1.29, 1.82) is 0 Å². The number of rotatable bonds is 10. The maximum absolute atomic E-state index is 11.7. The first kappa shape index (κ1) is 17.4. The van der Waals surface area contributed by atoms with E-state index < -0.39 is 5.60 Å².